The van der Waals surface area contributed by atoms with Gasteiger partial charge in [-0.25, -0.2) is 0 Å². The fourth-order valence-electron chi connectivity index (χ4n) is 1.92. The van der Waals surface area contributed by atoms with Crippen LogP contribution in [0.15, 0.2) is 23.1 Å². The van der Waals surface area contributed by atoms with E-state index < -0.39 is 0 Å². The zero-order chi connectivity index (χ0) is 12.1. The third kappa shape index (κ3) is 3.37. The van der Waals surface area contributed by atoms with Crippen LogP contribution in [0.2, 0.25) is 0 Å². The zero-order valence-electron chi connectivity index (χ0n) is 10.1. The van der Waals surface area contributed by atoms with Crippen LogP contribution >= 0.6 is 11.8 Å². The van der Waals surface area contributed by atoms with Crippen molar-refractivity contribution in [3.63, 3.8) is 0 Å². The Hall–Kier alpha value is -0.710. The quantitative estimate of drug-likeness (QED) is 0.819. The summed E-state index contributed by atoms with van der Waals surface area (Å²) in [7, 11) is 1.69. The largest absolute Gasteiger partial charge is 0.497 e. The summed E-state index contributed by atoms with van der Waals surface area (Å²) in [5.74, 6) is 1.89. The predicted octanol–water partition coefficient (Wildman–Crippen LogP) is 2.43. The van der Waals surface area contributed by atoms with Crippen LogP contribution < -0.4 is 10.5 Å². The lowest BCUT2D eigenvalue weighted by Gasteiger charge is -2.12. The topological polar surface area (TPSA) is 44.5 Å². The summed E-state index contributed by atoms with van der Waals surface area (Å²) in [6, 6.07) is 6.05. The molecule has 1 aliphatic rings. The molecule has 1 fully saturated rings. The van der Waals surface area contributed by atoms with E-state index in [9.17, 15) is 0 Å². The summed E-state index contributed by atoms with van der Waals surface area (Å²) in [5, 5.41) is 0. The molecule has 4 heteroatoms. The van der Waals surface area contributed by atoms with Crippen molar-refractivity contribution in [2.45, 2.75) is 30.4 Å². The van der Waals surface area contributed by atoms with Gasteiger partial charge in [-0.15, -0.1) is 11.8 Å². The number of nitrogens with two attached hydrogens (primary N) is 1. The van der Waals surface area contributed by atoms with Crippen LogP contribution in [0.3, 0.4) is 0 Å². The van der Waals surface area contributed by atoms with E-state index in [0.717, 1.165) is 18.1 Å². The van der Waals surface area contributed by atoms with Crippen LogP contribution in [-0.4, -0.2) is 25.6 Å². The Kier molecular flexibility index (Phi) is 4.71. The molecule has 2 N–H and O–H groups in total. The molecule has 17 heavy (non-hydrogen) atoms. The number of hydrogen-bond acceptors (Lipinski definition) is 4. The van der Waals surface area contributed by atoms with Crippen molar-refractivity contribution in [1.82, 2.24) is 0 Å². The summed E-state index contributed by atoms with van der Waals surface area (Å²) in [5.41, 5.74) is 6.92. The summed E-state index contributed by atoms with van der Waals surface area (Å²) in [4.78, 5) is 1.21. The van der Waals surface area contributed by atoms with Crippen LogP contribution in [0, 0.1) is 0 Å². The van der Waals surface area contributed by atoms with Crippen LogP contribution in [0.1, 0.15) is 18.4 Å². The Morgan fingerprint density at radius 2 is 2.41 bits per heavy atom. The van der Waals surface area contributed by atoms with Gasteiger partial charge in [0.25, 0.3) is 0 Å². The maximum absolute atomic E-state index is 5.74. The Morgan fingerprint density at radius 1 is 1.53 bits per heavy atom. The molecule has 1 heterocycles. The lowest BCUT2D eigenvalue weighted by Crippen LogP contribution is -2.08. The van der Waals surface area contributed by atoms with Gasteiger partial charge in [-0.2, -0.15) is 0 Å². The first kappa shape index (κ1) is 12.7. The van der Waals surface area contributed by atoms with Gasteiger partial charge in [0, 0.05) is 23.8 Å². The van der Waals surface area contributed by atoms with Gasteiger partial charge >= 0.3 is 0 Å². The molecule has 0 aliphatic carbocycles. The minimum Gasteiger partial charge on any atom is -0.497 e. The highest BCUT2D eigenvalue weighted by molar-refractivity contribution is 7.99. The Bertz CT molecular complexity index is 364. The average Bonchev–Trinajstić information content (AvgIpc) is 2.89. The molecular formula is C13H19NO2S. The zero-order valence-corrected chi connectivity index (χ0v) is 11.0. The van der Waals surface area contributed by atoms with Gasteiger partial charge in [-0.3, -0.25) is 0 Å². The van der Waals surface area contributed by atoms with Crippen LogP contribution in [0.5, 0.6) is 5.75 Å². The van der Waals surface area contributed by atoms with Crippen molar-refractivity contribution in [2.75, 3.05) is 19.5 Å². The van der Waals surface area contributed by atoms with Gasteiger partial charge in [0.15, 0.2) is 0 Å². The summed E-state index contributed by atoms with van der Waals surface area (Å²) in [6.07, 6.45) is 2.76. The highest BCUT2D eigenvalue weighted by atomic mass is 32.2. The van der Waals surface area contributed by atoms with Crippen molar-refractivity contribution in [2.24, 2.45) is 5.73 Å². The number of ether oxygens (including phenoxy) is 2. The molecule has 2 rings (SSSR count). The molecule has 1 aliphatic heterocycles. The van der Waals surface area contributed by atoms with E-state index >= 15 is 0 Å². The van der Waals surface area contributed by atoms with Gasteiger partial charge in [0.2, 0.25) is 0 Å². The molecule has 1 unspecified atom stereocenters. The second kappa shape index (κ2) is 6.28. The van der Waals surface area contributed by atoms with Gasteiger partial charge < -0.3 is 15.2 Å². The van der Waals surface area contributed by atoms with Gasteiger partial charge in [-0.1, -0.05) is 6.07 Å². The van der Waals surface area contributed by atoms with E-state index in [1.165, 1.54) is 23.3 Å². The molecule has 94 valence electrons. The van der Waals surface area contributed by atoms with E-state index in [1.807, 2.05) is 23.9 Å². The molecule has 1 saturated heterocycles. The number of rotatable bonds is 5. The smallest absolute Gasteiger partial charge is 0.119 e. The van der Waals surface area contributed by atoms with Gasteiger partial charge in [0.05, 0.1) is 13.2 Å². The second-order valence-electron chi connectivity index (χ2n) is 4.12. The highest BCUT2D eigenvalue weighted by Gasteiger charge is 2.16. The molecule has 0 saturated carbocycles. The fraction of sp³-hybridized carbons (Fsp3) is 0.538. The van der Waals surface area contributed by atoms with E-state index in [-0.39, 0.29) is 0 Å². The standard InChI is InChI=1S/C13H19NO2S/c1-15-11-5-4-10(8-14)13(7-11)17-9-12-3-2-6-16-12/h4-5,7,12H,2-3,6,8-9,14H2,1H3. The third-order valence-electron chi connectivity index (χ3n) is 2.94. The molecular weight excluding hydrogens is 234 g/mol. The van der Waals surface area contributed by atoms with E-state index in [4.69, 9.17) is 15.2 Å². The van der Waals surface area contributed by atoms with Crippen molar-refractivity contribution < 1.29 is 9.47 Å². The maximum atomic E-state index is 5.74. The average molecular weight is 253 g/mol. The minimum atomic E-state index is 0.400. The van der Waals surface area contributed by atoms with Crippen LogP contribution in [0.25, 0.3) is 0 Å². The molecule has 1 aromatic rings. The second-order valence-corrected chi connectivity index (χ2v) is 5.19. The van der Waals surface area contributed by atoms with Crippen LogP contribution in [0.4, 0.5) is 0 Å². The predicted molar refractivity (Wildman–Crippen MR) is 70.6 cm³/mol. The third-order valence-corrected chi connectivity index (χ3v) is 4.17. The van der Waals surface area contributed by atoms with Crippen LogP contribution in [-0.2, 0) is 11.3 Å². The molecule has 0 spiro atoms. The normalized spacial score (nSPS) is 19.5. The van der Waals surface area contributed by atoms with Crippen molar-refractivity contribution in [1.29, 1.82) is 0 Å². The number of benzene rings is 1. The molecule has 1 aromatic carbocycles. The summed E-state index contributed by atoms with van der Waals surface area (Å²) < 4.78 is 10.9. The Morgan fingerprint density at radius 3 is 3.06 bits per heavy atom. The highest BCUT2D eigenvalue weighted by Crippen LogP contribution is 2.29. The molecule has 0 aromatic heterocycles. The fourth-order valence-corrected chi connectivity index (χ4v) is 3.09. The van der Waals surface area contributed by atoms with E-state index in [2.05, 4.69) is 6.07 Å². The van der Waals surface area contributed by atoms with Gasteiger partial charge in [-0.05, 0) is 30.5 Å². The van der Waals surface area contributed by atoms with Gasteiger partial charge in [0.1, 0.15) is 5.75 Å². The first-order valence-corrected chi connectivity index (χ1v) is 6.93. The first-order valence-electron chi connectivity index (χ1n) is 5.95. The molecule has 0 bridgehead atoms. The SMILES string of the molecule is COc1ccc(CN)c(SCC2CCCO2)c1. The number of methoxy groups -OCH3 is 1. The molecule has 0 radical (unpaired) electrons. The Balaban J connectivity index is 2.01. The molecule has 1 atom stereocenters. The summed E-state index contributed by atoms with van der Waals surface area (Å²) in [6.45, 7) is 1.48. The molecule has 3 nitrogen and oxygen atoms in total. The van der Waals surface area contributed by atoms with Crippen molar-refractivity contribution in [3.05, 3.63) is 23.8 Å². The minimum absolute atomic E-state index is 0.400. The monoisotopic (exact) mass is 253 g/mol. The lowest BCUT2D eigenvalue weighted by molar-refractivity contribution is 0.129. The van der Waals surface area contributed by atoms with E-state index in [1.54, 1.807) is 7.11 Å². The Labute approximate surface area is 107 Å². The number of thioether (sulfide) groups is 1. The van der Waals surface area contributed by atoms with Crippen molar-refractivity contribution >= 4 is 11.8 Å². The molecule has 0 amide bonds. The van der Waals surface area contributed by atoms with Crippen molar-refractivity contribution in [3.8, 4) is 5.75 Å². The maximum Gasteiger partial charge on any atom is 0.119 e. The first-order chi connectivity index (χ1) is 8.33. The van der Waals surface area contributed by atoms with E-state index in [0.29, 0.717) is 12.6 Å². The number of hydrogen-bond donors (Lipinski definition) is 1. The summed E-state index contributed by atoms with van der Waals surface area (Å²) >= 11 is 1.81. The lowest BCUT2D eigenvalue weighted by atomic mass is 10.2.